The molecule has 5 fully saturated rings. The Morgan fingerprint density at radius 1 is 1.16 bits per heavy atom. The van der Waals surface area contributed by atoms with E-state index >= 15 is 0 Å². The van der Waals surface area contributed by atoms with Gasteiger partial charge in [-0.15, -0.1) is 0 Å². The van der Waals surface area contributed by atoms with Gasteiger partial charge in [0.1, 0.15) is 0 Å². The van der Waals surface area contributed by atoms with Crippen LogP contribution in [0.1, 0.15) is 44.9 Å². The van der Waals surface area contributed by atoms with Crippen LogP contribution in [0.4, 0.5) is 17.6 Å². The minimum atomic E-state index is -6.39. The largest absolute Gasteiger partial charge is 0.465 e. The molecule has 3 atom stereocenters. The highest BCUT2D eigenvalue weighted by Gasteiger charge is 2.68. The molecule has 3 unspecified atom stereocenters. The lowest BCUT2D eigenvalue weighted by Gasteiger charge is -2.60. The van der Waals surface area contributed by atoms with Gasteiger partial charge in [0.2, 0.25) is 5.79 Å². The van der Waals surface area contributed by atoms with Gasteiger partial charge >= 0.3 is 33.2 Å². The second-order valence-electron chi connectivity index (χ2n) is 9.19. The number of hydrogen-bond donors (Lipinski definition) is 2. The Bertz CT molecular complexity index is 905. The van der Waals surface area contributed by atoms with E-state index in [1.807, 2.05) is 0 Å². The summed E-state index contributed by atoms with van der Waals surface area (Å²) < 4.78 is 98.3. The molecule has 182 valence electrons. The summed E-state index contributed by atoms with van der Waals surface area (Å²) in [4.78, 5) is 24.3. The first-order chi connectivity index (χ1) is 14.6. The van der Waals surface area contributed by atoms with Crippen molar-refractivity contribution in [2.75, 3.05) is 6.61 Å². The lowest BCUT2D eigenvalue weighted by atomic mass is 9.51. The molecule has 1 heterocycles. The topological polar surface area (TPSA) is 136 Å². The third-order valence-corrected chi connectivity index (χ3v) is 7.87. The third-order valence-electron chi connectivity index (χ3n) is 6.93. The predicted octanol–water partition coefficient (Wildman–Crippen LogP) is 1.63. The molecule has 0 radical (unpaired) electrons. The summed E-state index contributed by atoms with van der Waals surface area (Å²) in [5.41, 5.74) is -0.829. The van der Waals surface area contributed by atoms with Crippen LogP contribution in [0, 0.1) is 17.8 Å². The van der Waals surface area contributed by atoms with Gasteiger partial charge in [0.15, 0.2) is 6.10 Å². The molecule has 4 bridgehead atoms. The fourth-order valence-electron chi connectivity index (χ4n) is 5.72. The van der Waals surface area contributed by atoms with Gasteiger partial charge in [-0.3, -0.25) is 9.35 Å². The van der Waals surface area contributed by atoms with E-state index in [-0.39, 0.29) is 17.8 Å². The van der Waals surface area contributed by atoms with Crippen LogP contribution in [0.3, 0.4) is 0 Å². The zero-order valence-corrected chi connectivity index (χ0v) is 17.5. The van der Waals surface area contributed by atoms with Crippen molar-refractivity contribution in [1.82, 2.24) is 0 Å². The number of ether oxygens (including phenoxy) is 3. The van der Waals surface area contributed by atoms with Gasteiger partial charge in [-0.25, -0.2) is 4.79 Å². The van der Waals surface area contributed by atoms with E-state index < -0.39 is 70.2 Å². The second kappa shape index (κ2) is 7.24. The minimum Gasteiger partial charge on any atom is -0.465 e. The first-order valence-electron chi connectivity index (χ1n) is 10.1. The van der Waals surface area contributed by atoms with Crippen molar-refractivity contribution < 1.29 is 59.4 Å². The molecule has 1 aliphatic heterocycles. The zero-order valence-electron chi connectivity index (χ0n) is 16.6. The van der Waals surface area contributed by atoms with Crippen LogP contribution in [0.15, 0.2) is 0 Å². The number of hydrogen-bond acceptors (Lipinski definition) is 8. The van der Waals surface area contributed by atoms with Gasteiger partial charge in [0, 0.05) is 11.8 Å². The van der Waals surface area contributed by atoms with Crippen LogP contribution in [0.25, 0.3) is 0 Å². The van der Waals surface area contributed by atoms with E-state index in [1.54, 1.807) is 0 Å². The minimum absolute atomic E-state index is 0.245. The molecule has 2 N–H and O–H groups in total. The summed E-state index contributed by atoms with van der Waals surface area (Å²) in [6.07, 6.45) is -1.12. The fourth-order valence-corrected chi connectivity index (χ4v) is 6.20. The van der Waals surface area contributed by atoms with E-state index in [2.05, 4.69) is 4.74 Å². The van der Waals surface area contributed by atoms with Crippen LogP contribution in [0.2, 0.25) is 0 Å². The Labute approximate surface area is 180 Å². The Morgan fingerprint density at radius 3 is 2.28 bits per heavy atom. The van der Waals surface area contributed by atoms with Crippen molar-refractivity contribution in [3.63, 3.8) is 0 Å². The Morgan fingerprint density at radius 2 is 1.75 bits per heavy atom. The van der Waals surface area contributed by atoms with Crippen LogP contribution in [-0.4, -0.2) is 65.3 Å². The summed E-state index contributed by atoms with van der Waals surface area (Å²) in [5, 5.41) is 4.89. The average Bonchev–Trinajstić information content (AvgIpc) is 2.94. The Kier molecular flexibility index (Phi) is 5.35. The summed E-state index contributed by atoms with van der Waals surface area (Å²) >= 11 is 0. The number of alkyl halides is 4. The predicted molar refractivity (Wildman–Crippen MR) is 93.8 cm³/mol. The molecule has 4 saturated carbocycles. The van der Waals surface area contributed by atoms with Gasteiger partial charge in [-0.2, -0.15) is 26.0 Å². The van der Waals surface area contributed by atoms with Crippen LogP contribution in [-0.2, 0) is 33.9 Å². The molecule has 1 spiro atoms. The average molecular weight is 490 g/mol. The van der Waals surface area contributed by atoms with E-state index in [1.165, 1.54) is 0 Å². The fraction of sp³-hybridized carbons (Fsp3) is 0.889. The standard InChI is InChI=1S/C18H22F4O9S/c19-16(20,18(21,22)32(26,27)28)1-2-29-13(23)5-12-14(24)31-17(30-12)10-3-9-4-11(17)8-15(25,6-9)7-10/h9-12,25H,1-8H2,(H,26,27,28). The lowest BCUT2D eigenvalue weighted by molar-refractivity contribution is -0.314. The normalized spacial score (nSPS) is 38.9. The molecule has 0 aromatic carbocycles. The maximum atomic E-state index is 13.5. The molecule has 5 rings (SSSR count). The van der Waals surface area contributed by atoms with Crippen molar-refractivity contribution in [3.05, 3.63) is 0 Å². The molecule has 0 aromatic heterocycles. The molecular weight excluding hydrogens is 468 g/mol. The molecule has 5 aliphatic rings. The zero-order chi connectivity index (χ0) is 23.7. The molecule has 0 amide bonds. The number of rotatable bonds is 7. The molecule has 4 aliphatic carbocycles. The lowest BCUT2D eigenvalue weighted by Crippen LogP contribution is -2.64. The van der Waals surface area contributed by atoms with Crippen LogP contribution < -0.4 is 0 Å². The number of carbonyl (C=O) groups excluding carboxylic acids is 2. The first-order valence-corrected chi connectivity index (χ1v) is 11.5. The highest BCUT2D eigenvalue weighted by Crippen LogP contribution is 2.63. The van der Waals surface area contributed by atoms with Gasteiger partial charge in [0.25, 0.3) is 0 Å². The van der Waals surface area contributed by atoms with Crippen molar-refractivity contribution in [1.29, 1.82) is 0 Å². The molecule has 1 saturated heterocycles. The maximum Gasteiger partial charge on any atom is 0.431 e. The SMILES string of the molecule is O=C(CC1OC2(OC1=O)C1CC3CC2CC(O)(C3)C1)OCCC(F)(F)C(F)(F)S(=O)(=O)O. The maximum absolute atomic E-state index is 13.5. The van der Waals surface area contributed by atoms with Crippen LogP contribution >= 0.6 is 0 Å². The van der Waals surface area contributed by atoms with Crippen molar-refractivity contribution in [3.8, 4) is 0 Å². The summed E-state index contributed by atoms with van der Waals surface area (Å²) in [6.45, 7) is -1.29. The summed E-state index contributed by atoms with van der Waals surface area (Å²) in [5.74, 6) is -8.72. The molecule has 32 heavy (non-hydrogen) atoms. The number of halogens is 4. The third kappa shape index (κ3) is 3.68. The molecule has 9 nitrogen and oxygen atoms in total. The van der Waals surface area contributed by atoms with Gasteiger partial charge < -0.3 is 19.3 Å². The molecule has 14 heteroatoms. The summed E-state index contributed by atoms with van der Waals surface area (Å²) in [6, 6.07) is 0. The van der Waals surface area contributed by atoms with Crippen molar-refractivity contribution in [2.24, 2.45) is 17.8 Å². The smallest absolute Gasteiger partial charge is 0.431 e. The summed E-state index contributed by atoms with van der Waals surface area (Å²) in [7, 11) is -6.39. The highest BCUT2D eigenvalue weighted by atomic mass is 32.2. The van der Waals surface area contributed by atoms with Gasteiger partial charge in [0.05, 0.1) is 25.0 Å². The van der Waals surface area contributed by atoms with E-state index in [0.29, 0.717) is 32.1 Å². The monoisotopic (exact) mass is 490 g/mol. The first kappa shape index (κ1) is 23.6. The number of aliphatic hydroxyl groups is 1. The molecular formula is C18H22F4O9S. The van der Waals surface area contributed by atoms with E-state index in [4.69, 9.17) is 14.0 Å². The molecule has 0 aromatic rings. The van der Waals surface area contributed by atoms with E-state index in [9.17, 15) is 40.7 Å². The second-order valence-corrected chi connectivity index (χ2v) is 10.7. The van der Waals surface area contributed by atoms with Gasteiger partial charge in [-0.05, 0) is 38.0 Å². The highest BCUT2D eigenvalue weighted by molar-refractivity contribution is 7.87. The number of carbonyl (C=O) groups is 2. The van der Waals surface area contributed by atoms with Crippen molar-refractivity contribution in [2.45, 2.75) is 73.6 Å². The van der Waals surface area contributed by atoms with Crippen molar-refractivity contribution >= 4 is 22.1 Å². The van der Waals surface area contributed by atoms with Gasteiger partial charge in [-0.1, -0.05) is 0 Å². The Hall–Kier alpha value is -1.51. The van der Waals surface area contributed by atoms with E-state index in [0.717, 1.165) is 0 Å². The number of esters is 2. The Balaban J connectivity index is 1.33. The van der Waals surface area contributed by atoms with Crippen LogP contribution in [0.5, 0.6) is 0 Å². The quantitative estimate of drug-likeness (QED) is 0.310.